The van der Waals surface area contributed by atoms with Crippen LogP contribution in [-0.4, -0.2) is 39.4 Å². The van der Waals surface area contributed by atoms with Crippen LogP contribution in [-0.2, 0) is 4.74 Å². The number of para-hydroxylation sites is 2. The fourth-order valence-corrected chi connectivity index (χ4v) is 3.54. The van der Waals surface area contributed by atoms with Gasteiger partial charge in [0.15, 0.2) is 0 Å². The maximum Gasteiger partial charge on any atom is 0.138 e. The van der Waals surface area contributed by atoms with Crippen LogP contribution in [0.1, 0.15) is 12.8 Å². The van der Waals surface area contributed by atoms with Crippen molar-refractivity contribution in [2.24, 2.45) is 0 Å². The van der Waals surface area contributed by atoms with Crippen LogP contribution < -0.4 is 5.73 Å². The molecule has 0 radical (unpaired) electrons. The number of aromatic nitrogens is 3. The largest absolute Gasteiger partial charge is 0.391 e. The van der Waals surface area contributed by atoms with Crippen LogP contribution in [0.4, 0.5) is 5.82 Å². The van der Waals surface area contributed by atoms with E-state index in [2.05, 4.69) is 15.0 Å². The molecule has 1 unspecified atom stereocenters. The standard InChI is InChI=1S/C18H13ClN4.C5H10O2/c19-14-10-21-17(20)9-13(14)11-4-3-5-12(8-11)18-22-15-6-1-2-7-16(15)23-18;6-5-2-1-3-7-4-5/h1-10H,(H2,20,21)(H,22,23);5-6H,1-4H2. The molecule has 2 aromatic heterocycles. The minimum atomic E-state index is -0.186. The number of pyridine rings is 1. The fourth-order valence-electron chi connectivity index (χ4n) is 3.32. The molecule has 30 heavy (non-hydrogen) atoms. The number of anilines is 1. The third-order valence-corrected chi connectivity index (χ3v) is 5.15. The first-order valence-corrected chi connectivity index (χ1v) is 10.2. The maximum atomic E-state index is 8.78. The van der Waals surface area contributed by atoms with Gasteiger partial charge >= 0.3 is 0 Å². The average Bonchev–Trinajstić information content (AvgIpc) is 3.21. The van der Waals surface area contributed by atoms with E-state index in [1.807, 2.05) is 48.5 Å². The number of imidazole rings is 1. The number of nitrogens with zero attached hydrogens (tertiary/aromatic N) is 2. The molecule has 0 saturated carbocycles. The smallest absolute Gasteiger partial charge is 0.138 e. The van der Waals surface area contributed by atoms with E-state index in [1.54, 1.807) is 12.3 Å². The van der Waals surface area contributed by atoms with Crippen LogP contribution in [0.5, 0.6) is 0 Å². The second-order valence-electron chi connectivity index (χ2n) is 7.14. The number of nitrogens with one attached hydrogen (secondary N) is 1. The van der Waals surface area contributed by atoms with E-state index in [-0.39, 0.29) is 6.10 Å². The molecule has 1 saturated heterocycles. The number of rotatable bonds is 2. The van der Waals surface area contributed by atoms with Crippen molar-refractivity contribution in [2.75, 3.05) is 18.9 Å². The Labute approximate surface area is 179 Å². The van der Waals surface area contributed by atoms with Gasteiger partial charge in [-0.15, -0.1) is 0 Å². The third kappa shape index (κ3) is 4.79. The van der Waals surface area contributed by atoms with E-state index in [1.165, 1.54) is 0 Å². The van der Waals surface area contributed by atoms with Crippen LogP contribution in [0.15, 0.2) is 60.8 Å². The average molecular weight is 423 g/mol. The Morgan fingerprint density at radius 1 is 1.10 bits per heavy atom. The lowest BCUT2D eigenvalue weighted by Crippen LogP contribution is -2.21. The summed E-state index contributed by atoms with van der Waals surface area (Å²) in [6.45, 7) is 1.37. The van der Waals surface area contributed by atoms with Crippen LogP contribution in [0.2, 0.25) is 5.02 Å². The highest BCUT2D eigenvalue weighted by molar-refractivity contribution is 6.33. The molecule has 1 aliphatic rings. The quantitative estimate of drug-likeness (QED) is 0.435. The molecule has 0 spiro atoms. The predicted octanol–water partition coefficient (Wildman–Crippen LogP) is 4.69. The van der Waals surface area contributed by atoms with Crippen molar-refractivity contribution >= 4 is 28.5 Å². The van der Waals surface area contributed by atoms with Crippen molar-refractivity contribution < 1.29 is 9.84 Å². The number of hydrogen-bond donors (Lipinski definition) is 3. The minimum absolute atomic E-state index is 0.186. The van der Waals surface area contributed by atoms with Gasteiger partial charge in [0.25, 0.3) is 0 Å². The summed E-state index contributed by atoms with van der Waals surface area (Å²) < 4.78 is 4.93. The van der Waals surface area contributed by atoms with Gasteiger partial charge < -0.3 is 20.6 Å². The molecule has 1 fully saturated rings. The van der Waals surface area contributed by atoms with Gasteiger partial charge in [-0.25, -0.2) is 9.97 Å². The highest BCUT2D eigenvalue weighted by Crippen LogP contribution is 2.31. The number of fused-ring (bicyclic) bond motifs is 1. The number of ether oxygens (including phenoxy) is 1. The van der Waals surface area contributed by atoms with Crippen LogP contribution in [0, 0.1) is 0 Å². The van der Waals surface area contributed by atoms with Crippen LogP contribution in [0.25, 0.3) is 33.5 Å². The van der Waals surface area contributed by atoms with Gasteiger partial charge in [0.2, 0.25) is 0 Å². The summed E-state index contributed by atoms with van der Waals surface area (Å²) in [5, 5.41) is 9.35. The molecule has 1 atom stereocenters. The van der Waals surface area contributed by atoms with E-state index in [0.717, 1.165) is 53.0 Å². The topological polar surface area (TPSA) is 97.1 Å². The first-order valence-electron chi connectivity index (χ1n) is 9.82. The summed E-state index contributed by atoms with van der Waals surface area (Å²) in [4.78, 5) is 12.0. The predicted molar refractivity (Wildman–Crippen MR) is 120 cm³/mol. The Bertz CT molecular complexity index is 1110. The van der Waals surface area contributed by atoms with Crippen molar-refractivity contribution in [1.29, 1.82) is 0 Å². The van der Waals surface area contributed by atoms with Gasteiger partial charge in [-0.3, -0.25) is 0 Å². The zero-order valence-corrected chi connectivity index (χ0v) is 17.1. The molecule has 1 aliphatic heterocycles. The van der Waals surface area contributed by atoms with Gasteiger partial charge in [0, 0.05) is 23.9 Å². The Morgan fingerprint density at radius 3 is 2.67 bits per heavy atom. The van der Waals surface area contributed by atoms with Crippen molar-refractivity contribution in [2.45, 2.75) is 18.9 Å². The van der Waals surface area contributed by atoms with Crippen molar-refractivity contribution in [3.63, 3.8) is 0 Å². The van der Waals surface area contributed by atoms with E-state index in [4.69, 9.17) is 27.2 Å². The molecule has 2 aromatic carbocycles. The number of halogens is 1. The number of nitrogens with two attached hydrogens (primary N) is 1. The molecule has 3 heterocycles. The molecule has 7 heteroatoms. The van der Waals surface area contributed by atoms with Gasteiger partial charge in [0.1, 0.15) is 11.6 Å². The monoisotopic (exact) mass is 422 g/mol. The Hall–Kier alpha value is -2.93. The Morgan fingerprint density at radius 2 is 1.93 bits per heavy atom. The maximum absolute atomic E-state index is 8.78. The highest BCUT2D eigenvalue weighted by atomic mass is 35.5. The van der Waals surface area contributed by atoms with E-state index < -0.39 is 0 Å². The molecule has 5 rings (SSSR count). The lowest BCUT2D eigenvalue weighted by molar-refractivity contribution is -0.00535. The lowest BCUT2D eigenvalue weighted by atomic mass is 10.0. The fraction of sp³-hybridized carbons (Fsp3) is 0.217. The molecular formula is C23H23ClN4O2. The van der Waals surface area contributed by atoms with Crippen molar-refractivity contribution in [3.05, 3.63) is 65.8 Å². The molecule has 6 nitrogen and oxygen atoms in total. The molecule has 0 bridgehead atoms. The summed E-state index contributed by atoms with van der Waals surface area (Å²) in [7, 11) is 0. The second-order valence-corrected chi connectivity index (χ2v) is 7.55. The van der Waals surface area contributed by atoms with Gasteiger partial charge in [0.05, 0.1) is 28.8 Å². The molecule has 154 valence electrons. The minimum Gasteiger partial charge on any atom is -0.391 e. The number of hydrogen-bond acceptors (Lipinski definition) is 5. The molecule has 0 aliphatic carbocycles. The van der Waals surface area contributed by atoms with E-state index >= 15 is 0 Å². The lowest BCUT2D eigenvalue weighted by Gasteiger charge is -2.15. The van der Waals surface area contributed by atoms with Gasteiger partial charge in [-0.1, -0.05) is 41.9 Å². The summed E-state index contributed by atoms with van der Waals surface area (Å²) in [5.74, 6) is 1.27. The summed E-state index contributed by atoms with van der Waals surface area (Å²) in [5.41, 5.74) is 10.6. The molecular weight excluding hydrogens is 400 g/mol. The SMILES string of the molecule is Nc1cc(-c2cccc(-c3nc4ccccc4[nH]3)c2)c(Cl)cn1.OC1CCCOC1. The Balaban J connectivity index is 0.000000265. The zero-order chi connectivity index (χ0) is 20.9. The number of nitrogen functional groups attached to an aromatic ring is 1. The van der Waals surface area contributed by atoms with Crippen molar-refractivity contribution in [1.82, 2.24) is 15.0 Å². The van der Waals surface area contributed by atoms with E-state index in [0.29, 0.717) is 17.4 Å². The number of H-pyrrole nitrogens is 1. The Kier molecular flexibility index (Phi) is 6.28. The van der Waals surface area contributed by atoms with Crippen LogP contribution >= 0.6 is 11.6 Å². The normalized spacial score (nSPS) is 16.1. The van der Waals surface area contributed by atoms with Crippen molar-refractivity contribution in [3.8, 4) is 22.5 Å². The zero-order valence-electron chi connectivity index (χ0n) is 16.4. The first kappa shape index (κ1) is 20.3. The third-order valence-electron chi connectivity index (χ3n) is 4.85. The molecule has 4 aromatic rings. The van der Waals surface area contributed by atoms with Crippen LogP contribution in [0.3, 0.4) is 0 Å². The summed E-state index contributed by atoms with van der Waals surface area (Å²) >= 11 is 6.25. The number of aliphatic hydroxyl groups is 1. The second kappa shape index (κ2) is 9.26. The first-order chi connectivity index (χ1) is 14.6. The summed E-state index contributed by atoms with van der Waals surface area (Å²) in [6.07, 6.45) is 3.31. The summed E-state index contributed by atoms with van der Waals surface area (Å²) in [6, 6.07) is 17.8. The molecule has 4 N–H and O–H groups in total. The number of benzene rings is 2. The van der Waals surface area contributed by atoms with E-state index in [9.17, 15) is 0 Å². The number of aromatic amines is 1. The highest BCUT2D eigenvalue weighted by Gasteiger charge is 2.09. The van der Waals surface area contributed by atoms with Gasteiger partial charge in [-0.05, 0) is 42.7 Å². The number of aliphatic hydroxyl groups excluding tert-OH is 1. The van der Waals surface area contributed by atoms with Gasteiger partial charge in [-0.2, -0.15) is 0 Å². The molecule has 0 amide bonds.